The number of methoxy groups -OCH3 is 1. The van der Waals surface area contributed by atoms with E-state index in [2.05, 4.69) is 4.72 Å². The third-order valence-corrected chi connectivity index (χ3v) is 5.72. The number of nitrogens with one attached hydrogen (secondary N) is 1. The summed E-state index contributed by atoms with van der Waals surface area (Å²) in [5.74, 6) is 0.833. The molecule has 28 heavy (non-hydrogen) atoms. The lowest BCUT2D eigenvalue weighted by Gasteiger charge is -2.25. The van der Waals surface area contributed by atoms with Gasteiger partial charge in [-0.05, 0) is 54.7 Å². The number of benzene rings is 2. The van der Waals surface area contributed by atoms with Gasteiger partial charge in [-0.3, -0.25) is 4.79 Å². The lowest BCUT2D eigenvalue weighted by molar-refractivity contribution is 0.0735. The summed E-state index contributed by atoms with van der Waals surface area (Å²) in [6, 6.07) is 15.4. The summed E-state index contributed by atoms with van der Waals surface area (Å²) >= 11 is 0. The van der Waals surface area contributed by atoms with Crippen LogP contribution < -0.4 is 9.46 Å². The smallest absolute Gasteiger partial charge is 0.254 e. The Hall–Kier alpha value is -2.38. The second kappa shape index (κ2) is 8.75. The number of nitrogens with zero attached hydrogens (tertiary/aromatic N) is 1. The predicted molar refractivity (Wildman–Crippen MR) is 109 cm³/mol. The minimum atomic E-state index is -3.18. The van der Waals surface area contributed by atoms with Gasteiger partial charge in [0.15, 0.2) is 0 Å². The van der Waals surface area contributed by atoms with Crippen LogP contribution in [-0.4, -0.2) is 45.7 Å². The Balaban J connectivity index is 1.66. The monoisotopic (exact) mass is 402 g/mol. The Morgan fingerprint density at radius 3 is 2.43 bits per heavy atom. The van der Waals surface area contributed by atoms with Crippen molar-refractivity contribution < 1.29 is 17.9 Å². The molecule has 0 radical (unpaired) electrons. The summed E-state index contributed by atoms with van der Waals surface area (Å²) in [6.45, 7) is 1.09. The highest BCUT2D eigenvalue weighted by molar-refractivity contribution is 7.88. The summed E-state index contributed by atoms with van der Waals surface area (Å²) in [5.41, 5.74) is 2.76. The van der Waals surface area contributed by atoms with E-state index in [0.29, 0.717) is 18.5 Å². The molecule has 1 amide bonds. The van der Waals surface area contributed by atoms with Crippen LogP contribution in [-0.2, 0) is 16.4 Å². The number of rotatable bonds is 7. The summed E-state index contributed by atoms with van der Waals surface area (Å²) in [4.78, 5) is 15.0. The van der Waals surface area contributed by atoms with E-state index in [0.717, 1.165) is 42.5 Å². The summed E-state index contributed by atoms with van der Waals surface area (Å²) in [6.07, 6.45) is 3.66. The molecule has 1 heterocycles. The van der Waals surface area contributed by atoms with Gasteiger partial charge in [0.1, 0.15) is 5.75 Å². The fourth-order valence-corrected chi connectivity index (χ4v) is 4.02. The standard InChI is InChI=1S/C21H26N2O4S/c1-27-19-11-9-17(10-12-19)20-4-3-15-23(20)21(24)18-7-5-16(6-8-18)13-14-22-28(2,25)26/h5-12,20,22H,3-4,13-15H2,1-2H3. The second-order valence-electron chi connectivity index (χ2n) is 7.04. The van der Waals surface area contributed by atoms with Gasteiger partial charge < -0.3 is 9.64 Å². The molecule has 0 spiro atoms. The van der Waals surface area contributed by atoms with Gasteiger partial charge in [0.25, 0.3) is 5.91 Å². The zero-order valence-corrected chi connectivity index (χ0v) is 17.0. The van der Waals surface area contributed by atoms with Crippen molar-refractivity contribution in [3.05, 3.63) is 65.2 Å². The first kappa shape index (κ1) is 20.4. The van der Waals surface area contributed by atoms with Crippen molar-refractivity contribution in [3.8, 4) is 5.75 Å². The predicted octanol–water partition coefficient (Wildman–Crippen LogP) is 2.76. The van der Waals surface area contributed by atoms with E-state index in [1.165, 1.54) is 0 Å². The van der Waals surface area contributed by atoms with Crippen LogP contribution in [0.2, 0.25) is 0 Å². The van der Waals surface area contributed by atoms with Crippen molar-refractivity contribution in [1.29, 1.82) is 0 Å². The van der Waals surface area contributed by atoms with E-state index >= 15 is 0 Å². The number of carbonyl (C=O) groups is 1. The average Bonchev–Trinajstić information content (AvgIpc) is 3.17. The van der Waals surface area contributed by atoms with E-state index in [4.69, 9.17) is 4.74 Å². The maximum atomic E-state index is 13.0. The first-order chi connectivity index (χ1) is 13.4. The van der Waals surface area contributed by atoms with Gasteiger partial charge in [0.2, 0.25) is 10.0 Å². The molecule has 3 rings (SSSR count). The zero-order valence-electron chi connectivity index (χ0n) is 16.2. The van der Waals surface area contributed by atoms with E-state index < -0.39 is 10.0 Å². The maximum absolute atomic E-state index is 13.0. The topological polar surface area (TPSA) is 75.7 Å². The molecule has 6 nitrogen and oxygen atoms in total. The Bertz CT molecular complexity index is 908. The fraction of sp³-hybridized carbons (Fsp3) is 0.381. The molecule has 0 saturated carbocycles. The summed E-state index contributed by atoms with van der Waals surface area (Å²) < 4.78 is 29.9. The highest BCUT2D eigenvalue weighted by Gasteiger charge is 2.30. The normalized spacial score (nSPS) is 16.9. The molecule has 0 bridgehead atoms. The van der Waals surface area contributed by atoms with Gasteiger partial charge in [0, 0.05) is 18.7 Å². The van der Waals surface area contributed by atoms with E-state index in [1.54, 1.807) is 7.11 Å². The Morgan fingerprint density at radius 2 is 1.82 bits per heavy atom. The van der Waals surface area contributed by atoms with Crippen LogP contribution in [0.5, 0.6) is 5.75 Å². The molecular weight excluding hydrogens is 376 g/mol. The Labute approximate surface area is 166 Å². The molecule has 2 aromatic rings. The first-order valence-electron chi connectivity index (χ1n) is 9.36. The molecule has 1 fully saturated rings. The molecule has 1 aliphatic heterocycles. The van der Waals surface area contributed by atoms with Crippen molar-refractivity contribution in [2.75, 3.05) is 26.5 Å². The van der Waals surface area contributed by atoms with Crippen LogP contribution >= 0.6 is 0 Å². The van der Waals surface area contributed by atoms with Crippen molar-refractivity contribution >= 4 is 15.9 Å². The average molecular weight is 403 g/mol. The van der Waals surface area contributed by atoms with Crippen molar-refractivity contribution in [3.63, 3.8) is 0 Å². The molecule has 1 unspecified atom stereocenters. The van der Waals surface area contributed by atoms with Gasteiger partial charge in [-0.15, -0.1) is 0 Å². The molecule has 1 aliphatic rings. The molecule has 7 heteroatoms. The largest absolute Gasteiger partial charge is 0.497 e. The van der Waals surface area contributed by atoms with Crippen molar-refractivity contribution in [2.24, 2.45) is 0 Å². The Kier molecular flexibility index (Phi) is 6.36. The van der Waals surface area contributed by atoms with Crippen LogP contribution in [0.15, 0.2) is 48.5 Å². The minimum absolute atomic E-state index is 0.0270. The van der Waals surface area contributed by atoms with Crippen LogP contribution in [0.3, 0.4) is 0 Å². The van der Waals surface area contributed by atoms with Crippen molar-refractivity contribution in [2.45, 2.75) is 25.3 Å². The number of sulfonamides is 1. The van der Waals surface area contributed by atoms with Crippen LogP contribution in [0, 0.1) is 0 Å². The van der Waals surface area contributed by atoms with Crippen LogP contribution in [0.25, 0.3) is 0 Å². The lowest BCUT2D eigenvalue weighted by Crippen LogP contribution is -2.30. The first-order valence-corrected chi connectivity index (χ1v) is 11.2. The fourth-order valence-electron chi connectivity index (χ4n) is 3.54. The highest BCUT2D eigenvalue weighted by atomic mass is 32.2. The van der Waals surface area contributed by atoms with Crippen LogP contribution in [0.1, 0.15) is 40.4 Å². The van der Waals surface area contributed by atoms with Gasteiger partial charge in [-0.25, -0.2) is 13.1 Å². The van der Waals surface area contributed by atoms with Gasteiger partial charge in [0.05, 0.1) is 19.4 Å². The lowest BCUT2D eigenvalue weighted by atomic mass is 10.0. The van der Waals surface area contributed by atoms with Gasteiger partial charge in [-0.1, -0.05) is 24.3 Å². The molecule has 1 saturated heterocycles. The summed E-state index contributed by atoms with van der Waals surface area (Å²) in [5, 5.41) is 0. The molecule has 150 valence electrons. The Morgan fingerprint density at radius 1 is 1.14 bits per heavy atom. The van der Waals surface area contributed by atoms with Crippen LogP contribution in [0.4, 0.5) is 0 Å². The number of amides is 1. The van der Waals surface area contributed by atoms with Crippen molar-refractivity contribution in [1.82, 2.24) is 9.62 Å². The highest BCUT2D eigenvalue weighted by Crippen LogP contribution is 2.33. The summed E-state index contributed by atoms with van der Waals surface area (Å²) in [7, 11) is -1.54. The van der Waals surface area contributed by atoms with E-state index in [9.17, 15) is 13.2 Å². The molecule has 0 aromatic heterocycles. The quantitative estimate of drug-likeness (QED) is 0.773. The molecule has 0 aliphatic carbocycles. The zero-order chi connectivity index (χ0) is 20.1. The second-order valence-corrected chi connectivity index (χ2v) is 8.88. The number of ether oxygens (including phenoxy) is 1. The number of carbonyl (C=O) groups excluding carboxylic acids is 1. The molecule has 1 N–H and O–H groups in total. The molecule has 2 aromatic carbocycles. The third-order valence-electron chi connectivity index (χ3n) is 4.99. The minimum Gasteiger partial charge on any atom is -0.497 e. The third kappa shape index (κ3) is 5.11. The van der Waals surface area contributed by atoms with E-state index in [1.807, 2.05) is 53.4 Å². The molecular formula is C21H26N2O4S. The maximum Gasteiger partial charge on any atom is 0.254 e. The van der Waals surface area contributed by atoms with E-state index in [-0.39, 0.29) is 11.9 Å². The SMILES string of the molecule is COc1ccc(C2CCCN2C(=O)c2ccc(CCNS(C)(=O)=O)cc2)cc1. The number of hydrogen-bond acceptors (Lipinski definition) is 4. The van der Waals surface area contributed by atoms with Gasteiger partial charge in [-0.2, -0.15) is 0 Å². The number of likely N-dealkylation sites (tertiary alicyclic amines) is 1. The number of hydrogen-bond donors (Lipinski definition) is 1. The van der Waals surface area contributed by atoms with Gasteiger partial charge >= 0.3 is 0 Å². The molecule has 1 atom stereocenters.